The third kappa shape index (κ3) is 2.76. The molecule has 0 fully saturated rings. The number of carbonyl (C=O) groups excluding carboxylic acids is 1. The molecule has 2 aromatic rings. The molecule has 0 radical (unpaired) electrons. The number of nitrogens with one attached hydrogen (secondary N) is 1. The maximum absolute atomic E-state index is 11.2. The summed E-state index contributed by atoms with van der Waals surface area (Å²) in [6.07, 6.45) is 4.66. The van der Waals surface area contributed by atoms with Gasteiger partial charge in [0.25, 0.3) is 0 Å². The van der Waals surface area contributed by atoms with Crippen LogP contribution < -0.4 is 10.1 Å². The van der Waals surface area contributed by atoms with Crippen molar-refractivity contribution in [2.75, 3.05) is 13.6 Å². The van der Waals surface area contributed by atoms with E-state index in [9.17, 15) is 4.79 Å². The maximum Gasteiger partial charge on any atom is 0.309 e. The summed E-state index contributed by atoms with van der Waals surface area (Å²) in [5, 5.41) is 4.07. The second-order valence-electron chi connectivity index (χ2n) is 4.40. The summed E-state index contributed by atoms with van der Waals surface area (Å²) in [4.78, 5) is 15.4. The van der Waals surface area contributed by atoms with Crippen LogP contribution in [0, 0.1) is 0 Å². The number of pyridine rings is 1. The molecule has 2 aromatic heterocycles. The highest BCUT2D eigenvalue weighted by atomic mass is 16.5. The summed E-state index contributed by atoms with van der Waals surface area (Å²) in [5.74, 6) is 0.0621. The van der Waals surface area contributed by atoms with Crippen LogP contribution in [-0.4, -0.2) is 29.1 Å². The molecular formula is C14H19N3O2. The topological polar surface area (TPSA) is 56.2 Å². The molecular weight excluding hydrogens is 242 g/mol. The monoisotopic (exact) mass is 261 g/mol. The molecule has 5 nitrogen and oxygen atoms in total. The molecule has 0 amide bonds. The van der Waals surface area contributed by atoms with Crippen LogP contribution in [0.5, 0.6) is 5.88 Å². The molecule has 0 saturated carbocycles. The SMILES string of the molecule is CCn1cc(CCNC)c2c(OC(C)=O)nccc21. The van der Waals surface area contributed by atoms with Gasteiger partial charge < -0.3 is 14.6 Å². The number of carbonyl (C=O) groups is 1. The third-order valence-electron chi connectivity index (χ3n) is 3.06. The number of ether oxygens (including phenoxy) is 1. The first-order valence-corrected chi connectivity index (χ1v) is 6.47. The van der Waals surface area contributed by atoms with Gasteiger partial charge in [-0.05, 0) is 38.6 Å². The Labute approximate surface area is 112 Å². The van der Waals surface area contributed by atoms with Crippen molar-refractivity contribution in [3.63, 3.8) is 0 Å². The molecule has 2 heterocycles. The fraction of sp³-hybridized carbons (Fsp3) is 0.429. The van der Waals surface area contributed by atoms with E-state index in [4.69, 9.17) is 4.74 Å². The van der Waals surface area contributed by atoms with Gasteiger partial charge in [0.05, 0.1) is 10.9 Å². The Hall–Kier alpha value is -1.88. The summed E-state index contributed by atoms with van der Waals surface area (Å²) in [7, 11) is 1.92. The Morgan fingerprint density at radius 1 is 1.53 bits per heavy atom. The number of likely N-dealkylation sites (N-methyl/N-ethyl adjacent to an activating group) is 1. The number of esters is 1. The third-order valence-corrected chi connectivity index (χ3v) is 3.06. The van der Waals surface area contributed by atoms with Crippen molar-refractivity contribution >= 4 is 16.9 Å². The standard InChI is InChI=1S/C14H19N3O2/c1-4-17-9-11(5-7-15-3)13-12(17)6-8-16-14(13)19-10(2)18/h6,8-9,15H,4-5,7H2,1-3H3. The van der Waals surface area contributed by atoms with Crippen molar-refractivity contribution in [2.45, 2.75) is 26.8 Å². The highest BCUT2D eigenvalue weighted by Gasteiger charge is 2.14. The maximum atomic E-state index is 11.2. The van der Waals surface area contributed by atoms with Gasteiger partial charge >= 0.3 is 5.97 Å². The molecule has 0 saturated heterocycles. The van der Waals surface area contributed by atoms with Gasteiger partial charge in [-0.3, -0.25) is 4.79 Å². The summed E-state index contributed by atoms with van der Waals surface area (Å²) < 4.78 is 7.37. The second kappa shape index (κ2) is 5.84. The van der Waals surface area contributed by atoms with Crippen LogP contribution >= 0.6 is 0 Å². The number of nitrogens with zero attached hydrogens (tertiary/aromatic N) is 2. The van der Waals surface area contributed by atoms with Crippen molar-refractivity contribution in [1.29, 1.82) is 0 Å². The second-order valence-corrected chi connectivity index (χ2v) is 4.40. The predicted molar refractivity (Wildman–Crippen MR) is 74.3 cm³/mol. The van der Waals surface area contributed by atoms with Crippen molar-refractivity contribution in [3.8, 4) is 5.88 Å². The number of rotatable bonds is 5. The fourth-order valence-corrected chi connectivity index (χ4v) is 2.22. The fourth-order valence-electron chi connectivity index (χ4n) is 2.22. The van der Waals surface area contributed by atoms with E-state index in [1.54, 1.807) is 6.20 Å². The van der Waals surface area contributed by atoms with E-state index >= 15 is 0 Å². The summed E-state index contributed by atoms with van der Waals surface area (Å²) in [6, 6.07) is 1.95. The van der Waals surface area contributed by atoms with Gasteiger partial charge in [-0.2, -0.15) is 0 Å². The molecule has 0 bridgehead atoms. The van der Waals surface area contributed by atoms with Crippen molar-refractivity contribution in [1.82, 2.24) is 14.9 Å². The molecule has 0 aromatic carbocycles. The predicted octanol–water partition coefficient (Wildman–Crippen LogP) is 1.74. The highest BCUT2D eigenvalue weighted by Crippen LogP contribution is 2.29. The lowest BCUT2D eigenvalue weighted by molar-refractivity contribution is -0.132. The van der Waals surface area contributed by atoms with Gasteiger partial charge in [-0.15, -0.1) is 0 Å². The Morgan fingerprint density at radius 3 is 2.95 bits per heavy atom. The van der Waals surface area contributed by atoms with Crippen LogP contribution in [-0.2, 0) is 17.8 Å². The van der Waals surface area contributed by atoms with E-state index in [1.165, 1.54) is 6.92 Å². The van der Waals surface area contributed by atoms with Gasteiger partial charge in [0.15, 0.2) is 0 Å². The molecule has 0 atom stereocenters. The lowest BCUT2D eigenvalue weighted by atomic mass is 10.1. The summed E-state index contributed by atoms with van der Waals surface area (Å²) in [5.41, 5.74) is 2.20. The van der Waals surface area contributed by atoms with Gasteiger partial charge in [-0.25, -0.2) is 4.98 Å². The molecule has 19 heavy (non-hydrogen) atoms. The Balaban J connectivity index is 2.56. The van der Waals surface area contributed by atoms with Crippen molar-refractivity contribution in [3.05, 3.63) is 24.0 Å². The largest absolute Gasteiger partial charge is 0.407 e. The Morgan fingerprint density at radius 2 is 2.32 bits per heavy atom. The van der Waals surface area contributed by atoms with E-state index in [-0.39, 0.29) is 5.97 Å². The zero-order valence-corrected chi connectivity index (χ0v) is 11.6. The van der Waals surface area contributed by atoms with E-state index in [2.05, 4.69) is 28.0 Å². The normalized spacial score (nSPS) is 10.9. The average Bonchev–Trinajstić information content (AvgIpc) is 2.75. The van der Waals surface area contributed by atoms with Crippen molar-refractivity contribution < 1.29 is 9.53 Å². The Bertz CT molecular complexity index is 590. The molecule has 0 aliphatic heterocycles. The number of hydrogen-bond acceptors (Lipinski definition) is 4. The minimum absolute atomic E-state index is 0.344. The molecule has 2 rings (SSSR count). The minimum atomic E-state index is -0.344. The number of aromatic nitrogens is 2. The lowest BCUT2D eigenvalue weighted by Crippen LogP contribution is -2.10. The van der Waals surface area contributed by atoms with Crippen LogP contribution in [0.4, 0.5) is 0 Å². The first kappa shape index (κ1) is 13.5. The highest BCUT2D eigenvalue weighted by molar-refractivity contribution is 5.90. The molecule has 1 N–H and O–H groups in total. The lowest BCUT2D eigenvalue weighted by Gasteiger charge is -2.05. The number of hydrogen-bond donors (Lipinski definition) is 1. The van der Waals surface area contributed by atoms with Gasteiger partial charge in [0.2, 0.25) is 5.88 Å². The molecule has 0 aliphatic rings. The van der Waals surface area contributed by atoms with Crippen LogP contribution in [0.2, 0.25) is 0 Å². The van der Waals surface area contributed by atoms with E-state index < -0.39 is 0 Å². The van der Waals surface area contributed by atoms with Gasteiger partial charge in [-0.1, -0.05) is 0 Å². The first-order chi connectivity index (χ1) is 9.17. The molecule has 0 spiro atoms. The van der Waals surface area contributed by atoms with Crippen LogP contribution in [0.1, 0.15) is 19.4 Å². The van der Waals surface area contributed by atoms with Gasteiger partial charge in [0, 0.05) is 25.9 Å². The number of aryl methyl sites for hydroxylation is 1. The molecule has 0 aliphatic carbocycles. The van der Waals surface area contributed by atoms with Gasteiger partial charge in [0.1, 0.15) is 0 Å². The van der Waals surface area contributed by atoms with Crippen molar-refractivity contribution in [2.24, 2.45) is 0 Å². The Kier molecular flexibility index (Phi) is 4.16. The van der Waals surface area contributed by atoms with E-state index in [0.29, 0.717) is 5.88 Å². The van der Waals surface area contributed by atoms with E-state index in [0.717, 1.165) is 36.0 Å². The van der Waals surface area contributed by atoms with Crippen LogP contribution in [0.3, 0.4) is 0 Å². The van der Waals surface area contributed by atoms with E-state index in [1.807, 2.05) is 13.1 Å². The zero-order valence-electron chi connectivity index (χ0n) is 11.6. The smallest absolute Gasteiger partial charge is 0.309 e. The average molecular weight is 261 g/mol. The zero-order chi connectivity index (χ0) is 13.8. The van der Waals surface area contributed by atoms with Crippen LogP contribution in [0.25, 0.3) is 10.9 Å². The number of fused-ring (bicyclic) bond motifs is 1. The minimum Gasteiger partial charge on any atom is -0.407 e. The quantitative estimate of drug-likeness (QED) is 0.833. The van der Waals surface area contributed by atoms with Crippen LogP contribution in [0.15, 0.2) is 18.5 Å². The first-order valence-electron chi connectivity index (χ1n) is 6.47. The molecule has 0 unspecified atom stereocenters. The molecule has 5 heteroatoms. The molecule has 102 valence electrons. The summed E-state index contributed by atoms with van der Waals surface area (Å²) in [6.45, 7) is 5.23. The summed E-state index contributed by atoms with van der Waals surface area (Å²) >= 11 is 0.